The van der Waals surface area contributed by atoms with Gasteiger partial charge in [0.15, 0.2) is 0 Å². The van der Waals surface area contributed by atoms with Gasteiger partial charge >= 0.3 is 150 Å². The Bertz CT molecular complexity index is 810. The number of hydrogen-bond donors (Lipinski definition) is 0. The molecule has 3 aromatic rings. The molecule has 0 aliphatic carbocycles. The van der Waals surface area contributed by atoms with Gasteiger partial charge in [-0.05, 0) is 0 Å². The van der Waals surface area contributed by atoms with Crippen molar-refractivity contribution >= 4 is 22.5 Å². The van der Waals surface area contributed by atoms with Crippen LogP contribution in [0, 0.1) is 6.92 Å². The summed E-state index contributed by atoms with van der Waals surface area (Å²) in [5.74, 6) is 0. The normalized spacial score (nSPS) is 13.6. The molecule has 0 saturated heterocycles. The molecule has 136 valence electrons. The fourth-order valence-corrected chi connectivity index (χ4v) is 8.41. The van der Waals surface area contributed by atoms with Gasteiger partial charge in [-0.3, -0.25) is 0 Å². The van der Waals surface area contributed by atoms with E-state index in [9.17, 15) is 17.6 Å². The van der Waals surface area contributed by atoms with Crippen molar-refractivity contribution in [2.24, 2.45) is 0 Å². The van der Waals surface area contributed by atoms with Crippen molar-refractivity contribution in [2.75, 3.05) is 0 Å². The predicted octanol–water partition coefficient (Wildman–Crippen LogP) is 5.27. The summed E-state index contributed by atoms with van der Waals surface area (Å²) in [6.07, 6.45) is -6.48. The van der Waals surface area contributed by atoms with E-state index >= 15 is 0 Å². The van der Waals surface area contributed by atoms with Crippen molar-refractivity contribution in [3.8, 4) is 0 Å². The zero-order chi connectivity index (χ0) is 18.8. The van der Waals surface area contributed by atoms with Crippen molar-refractivity contribution in [3.05, 3.63) is 90.5 Å². The fourth-order valence-electron chi connectivity index (χ4n) is 3.57. The summed E-state index contributed by atoms with van der Waals surface area (Å²) in [6, 6.07) is 21.2. The molecular formula is C21H19F4P. The van der Waals surface area contributed by atoms with Crippen LogP contribution in [0.1, 0.15) is 5.56 Å². The van der Waals surface area contributed by atoms with Gasteiger partial charge in [-0.15, -0.1) is 0 Å². The van der Waals surface area contributed by atoms with Gasteiger partial charge in [-0.2, -0.15) is 0 Å². The molecule has 0 heterocycles. The van der Waals surface area contributed by atoms with E-state index in [1.54, 1.807) is 55.5 Å². The first-order valence-corrected chi connectivity index (χ1v) is 10.6. The molecule has 26 heavy (non-hydrogen) atoms. The summed E-state index contributed by atoms with van der Waals surface area (Å²) >= 11 is 0. The van der Waals surface area contributed by atoms with Crippen LogP contribution in [0.2, 0.25) is 0 Å². The molecule has 0 aliphatic rings. The number of hydrogen-bond acceptors (Lipinski definition) is 0. The summed E-state index contributed by atoms with van der Waals surface area (Å²) < 4.78 is 60.0. The van der Waals surface area contributed by atoms with Gasteiger partial charge in [-0.1, -0.05) is 0 Å². The van der Waals surface area contributed by atoms with E-state index in [-0.39, 0.29) is 15.9 Å². The van der Waals surface area contributed by atoms with Crippen molar-refractivity contribution in [2.45, 2.75) is 19.3 Å². The van der Waals surface area contributed by atoms with Gasteiger partial charge in [0.05, 0.1) is 0 Å². The second kappa shape index (κ2) is 6.85. The predicted molar refractivity (Wildman–Crippen MR) is 102 cm³/mol. The summed E-state index contributed by atoms with van der Waals surface area (Å²) in [5, 5.41) is 0.00102. The molecule has 0 unspecified atom stereocenters. The van der Waals surface area contributed by atoms with Crippen molar-refractivity contribution < 1.29 is 17.6 Å². The Morgan fingerprint density at radius 3 is 1.23 bits per heavy atom. The van der Waals surface area contributed by atoms with Crippen LogP contribution in [-0.2, 0) is 0 Å². The third-order valence-electron chi connectivity index (χ3n) is 5.03. The third kappa shape index (κ3) is 2.32. The summed E-state index contributed by atoms with van der Waals surface area (Å²) in [6.45, 7) is -3.53. The molecule has 3 aromatic carbocycles. The molecule has 0 N–H and O–H groups in total. The molecule has 0 aliphatic heterocycles. The maximum absolute atomic E-state index is 15.0. The van der Waals surface area contributed by atoms with E-state index < -0.39 is 18.9 Å². The zero-order valence-electron chi connectivity index (χ0n) is 14.2. The Hall–Kier alpha value is -2.19. The van der Waals surface area contributed by atoms with Gasteiger partial charge in [0.1, 0.15) is 0 Å². The topological polar surface area (TPSA) is 0 Å². The molecule has 0 atom stereocenters. The number of rotatable bonds is 5. The quantitative estimate of drug-likeness (QED) is 0.419. The van der Waals surface area contributed by atoms with Crippen LogP contribution >= 0.6 is 6.60 Å². The number of benzene rings is 3. The molecule has 0 radical (unpaired) electrons. The van der Waals surface area contributed by atoms with Crippen molar-refractivity contribution in [1.29, 1.82) is 0 Å². The van der Waals surface area contributed by atoms with E-state index in [0.29, 0.717) is 0 Å². The average molecular weight is 378 g/mol. The molecule has 0 fully saturated rings. The SMILES string of the molecule is Cc1ccc(P(c2ccccc2)(c2ccccc2)(C(F)F)C(F)F)cc1. The minimum atomic E-state index is -5.33. The Morgan fingerprint density at radius 1 is 0.538 bits per heavy atom. The van der Waals surface area contributed by atoms with E-state index in [1.807, 2.05) is 0 Å². The van der Waals surface area contributed by atoms with Crippen LogP contribution in [-0.4, -0.2) is 12.3 Å². The van der Waals surface area contributed by atoms with Gasteiger partial charge in [0, 0.05) is 0 Å². The average Bonchev–Trinajstić information content (AvgIpc) is 2.65. The molecule has 0 spiro atoms. The number of alkyl halides is 4. The number of halogens is 4. The Kier molecular flexibility index (Phi) is 4.90. The van der Waals surface area contributed by atoms with Crippen LogP contribution in [0.3, 0.4) is 0 Å². The maximum atomic E-state index is 15.0. The molecule has 0 aromatic heterocycles. The molecule has 0 bridgehead atoms. The van der Waals surface area contributed by atoms with Crippen molar-refractivity contribution in [1.82, 2.24) is 0 Å². The summed E-state index contributed by atoms with van der Waals surface area (Å²) in [4.78, 5) is 0. The van der Waals surface area contributed by atoms with E-state index in [1.165, 1.54) is 36.4 Å². The molecule has 5 heteroatoms. The van der Waals surface area contributed by atoms with E-state index in [0.717, 1.165) is 5.56 Å². The first kappa shape index (κ1) is 18.6. The van der Waals surface area contributed by atoms with E-state index in [4.69, 9.17) is 0 Å². The molecule has 0 nitrogen and oxygen atoms in total. The second-order valence-corrected chi connectivity index (χ2v) is 11.2. The molecule has 0 amide bonds. The van der Waals surface area contributed by atoms with Gasteiger partial charge in [0.2, 0.25) is 0 Å². The monoisotopic (exact) mass is 378 g/mol. The first-order valence-electron chi connectivity index (χ1n) is 8.20. The Labute approximate surface area is 150 Å². The van der Waals surface area contributed by atoms with Gasteiger partial charge in [0.25, 0.3) is 0 Å². The fraction of sp³-hybridized carbons (Fsp3) is 0.143. The second-order valence-electron chi connectivity index (χ2n) is 6.32. The Morgan fingerprint density at radius 2 is 0.885 bits per heavy atom. The van der Waals surface area contributed by atoms with Crippen LogP contribution in [0.25, 0.3) is 0 Å². The van der Waals surface area contributed by atoms with Crippen LogP contribution in [0.15, 0.2) is 84.9 Å². The minimum absolute atomic E-state index is 0.00134. The van der Waals surface area contributed by atoms with Crippen LogP contribution < -0.4 is 15.9 Å². The number of aryl methyl sites for hydroxylation is 1. The molecule has 0 saturated carbocycles. The standard InChI is InChI=1S/C21H19F4P/c1-16-12-14-19(15-13-16)26(20(22)23,21(24)25,17-8-4-2-5-9-17)18-10-6-3-7-11-18/h2-15,20-21H,1H3. The first-order chi connectivity index (χ1) is 12.4. The molecule has 3 rings (SSSR count). The van der Waals surface area contributed by atoms with Crippen LogP contribution in [0.4, 0.5) is 17.6 Å². The summed E-state index contributed by atoms with van der Waals surface area (Å²) in [7, 11) is 0. The third-order valence-corrected chi connectivity index (χ3v) is 10.9. The van der Waals surface area contributed by atoms with E-state index in [2.05, 4.69) is 0 Å². The van der Waals surface area contributed by atoms with Gasteiger partial charge in [-0.25, -0.2) is 0 Å². The summed E-state index contributed by atoms with van der Waals surface area (Å²) in [5.41, 5.74) is 0.829. The van der Waals surface area contributed by atoms with Crippen LogP contribution in [0.5, 0.6) is 0 Å². The zero-order valence-corrected chi connectivity index (χ0v) is 15.1. The molecular weight excluding hydrogens is 359 g/mol. The Balaban J connectivity index is 2.57. The van der Waals surface area contributed by atoms with Crippen molar-refractivity contribution in [3.63, 3.8) is 0 Å². The van der Waals surface area contributed by atoms with Gasteiger partial charge < -0.3 is 0 Å².